The third-order valence-electron chi connectivity index (χ3n) is 2.91. The van der Waals surface area contributed by atoms with Crippen LogP contribution in [0.25, 0.3) is 0 Å². The average molecular weight is 167 g/mol. The monoisotopic (exact) mass is 167 g/mol. The molecule has 1 heteroatoms. The van der Waals surface area contributed by atoms with Crippen LogP contribution in [0.2, 0.25) is 0 Å². The van der Waals surface area contributed by atoms with Crippen molar-refractivity contribution < 1.29 is 0 Å². The Morgan fingerprint density at radius 3 is 2.58 bits per heavy atom. The van der Waals surface area contributed by atoms with Gasteiger partial charge in [-0.2, -0.15) is 0 Å². The summed E-state index contributed by atoms with van der Waals surface area (Å²) in [4.78, 5) is 0. The Balaban J connectivity index is 2.17. The molecule has 0 aromatic rings. The van der Waals surface area contributed by atoms with Crippen molar-refractivity contribution in [2.45, 2.75) is 51.5 Å². The fourth-order valence-electron chi connectivity index (χ4n) is 2.03. The molecule has 1 aliphatic carbocycles. The Bertz CT molecular complexity index is 145. The van der Waals surface area contributed by atoms with Gasteiger partial charge in [-0.05, 0) is 38.5 Å². The van der Waals surface area contributed by atoms with E-state index < -0.39 is 0 Å². The standard InChI is InChI=1S/C11H21N/c1-9(2)7-8-11(12)10-5-3-4-6-10/h10-11H,1,3-8,12H2,2H3. The molecule has 1 fully saturated rings. The van der Waals surface area contributed by atoms with Crippen molar-refractivity contribution in [3.8, 4) is 0 Å². The molecule has 0 aromatic heterocycles. The van der Waals surface area contributed by atoms with Crippen molar-refractivity contribution in [1.29, 1.82) is 0 Å². The maximum atomic E-state index is 6.09. The minimum atomic E-state index is 0.434. The predicted molar refractivity (Wildman–Crippen MR) is 54.0 cm³/mol. The van der Waals surface area contributed by atoms with Gasteiger partial charge in [0.2, 0.25) is 0 Å². The first-order valence-electron chi connectivity index (χ1n) is 5.10. The van der Waals surface area contributed by atoms with Gasteiger partial charge >= 0.3 is 0 Å². The molecular weight excluding hydrogens is 146 g/mol. The van der Waals surface area contributed by atoms with E-state index in [1.165, 1.54) is 31.3 Å². The van der Waals surface area contributed by atoms with E-state index >= 15 is 0 Å². The van der Waals surface area contributed by atoms with Gasteiger partial charge in [-0.1, -0.05) is 18.4 Å². The lowest BCUT2D eigenvalue weighted by atomic mass is 9.94. The van der Waals surface area contributed by atoms with Crippen LogP contribution in [0.3, 0.4) is 0 Å². The van der Waals surface area contributed by atoms with E-state index in [-0.39, 0.29) is 0 Å². The molecule has 0 heterocycles. The summed E-state index contributed by atoms with van der Waals surface area (Å²) < 4.78 is 0. The molecule has 1 nitrogen and oxygen atoms in total. The zero-order valence-electron chi connectivity index (χ0n) is 8.18. The van der Waals surface area contributed by atoms with Crippen molar-refractivity contribution in [2.24, 2.45) is 11.7 Å². The fraction of sp³-hybridized carbons (Fsp3) is 0.818. The van der Waals surface area contributed by atoms with Gasteiger partial charge in [0.1, 0.15) is 0 Å². The summed E-state index contributed by atoms with van der Waals surface area (Å²) in [5, 5.41) is 0. The van der Waals surface area contributed by atoms with Crippen LogP contribution in [0.4, 0.5) is 0 Å². The molecule has 0 aromatic carbocycles. The van der Waals surface area contributed by atoms with E-state index in [9.17, 15) is 0 Å². The highest BCUT2D eigenvalue weighted by atomic mass is 14.6. The Morgan fingerprint density at radius 1 is 1.50 bits per heavy atom. The molecule has 1 atom stereocenters. The lowest BCUT2D eigenvalue weighted by Gasteiger charge is -2.18. The second-order valence-electron chi connectivity index (χ2n) is 4.20. The minimum Gasteiger partial charge on any atom is -0.327 e. The molecule has 0 spiro atoms. The zero-order chi connectivity index (χ0) is 8.97. The van der Waals surface area contributed by atoms with Gasteiger partial charge in [0.25, 0.3) is 0 Å². The van der Waals surface area contributed by atoms with Crippen LogP contribution in [0.15, 0.2) is 12.2 Å². The minimum absolute atomic E-state index is 0.434. The third-order valence-corrected chi connectivity index (χ3v) is 2.91. The van der Waals surface area contributed by atoms with Crippen LogP contribution in [-0.2, 0) is 0 Å². The number of rotatable bonds is 4. The maximum Gasteiger partial charge on any atom is 0.00702 e. The number of nitrogens with two attached hydrogens (primary N) is 1. The highest BCUT2D eigenvalue weighted by Crippen LogP contribution is 2.28. The highest BCUT2D eigenvalue weighted by molar-refractivity contribution is 4.90. The summed E-state index contributed by atoms with van der Waals surface area (Å²) >= 11 is 0. The van der Waals surface area contributed by atoms with Crippen LogP contribution in [-0.4, -0.2) is 6.04 Å². The van der Waals surface area contributed by atoms with E-state index in [2.05, 4.69) is 13.5 Å². The van der Waals surface area contributed by atoms with E-state index in [1.807, 2.05) is 0 Å². The summed E-state index contributed by atoms with van der Waals surface area (Å²) in [5.74, 6) is 0.810. The predicted octanol–water partition coefficient (Wildman–Crippen LogP) is 2.86. The normalized spacial score (nSPS) is 21.2. The third kappa shape index (κ3) is 2.98. The zero-order valence-corrected chi connectivity index (χ0v) is 8.18. The Kier molecular flexibility index (Phi) is 3.80. The van der Waals surface area contributed by atoms with Crippen molar-refractivity contribution in [3.05, 3.63) is 12.2 Å². The fourth-order valence-corrected chi connectivity index (χ4v) is 2.03. The summed E-state index contributed by atoms with van der Waals surface area (Å²) in [6.45, 7) is 5.98. The SMILES string of the molecule is C=C(C)CCC(N)C1CCCC1. The Labute approximate surface area is 76.0 Å². The molecule has 1 saturated carbocycles. The van der Waals surface area contributed by atoms with E-state index in [0.29, 0.717) is 6.04 Å². The van der Waals surface area contributed by atoms with Gasteiger partial charge in [-0.15, -0.1) is 6.58 Å². The van der Waals surface area contributed by atoms with Crippen molar-refractivity contribution in [3.63, 3.8) is 0 Å². The second-order valence-corrected chi connectivity index (χ2v) is 4.20. The van der Waals surface area contributed by atoms with Crippen LogP contribution in [0.1, 0.15) is 45.4 Å². The van der Waals surface area contributed by atoms with Crippen LogP contribution < -0.4 is 5.73 Å². The average Bonchev–Trinajstić information content (AvgIpc) is 2.51. The molecule has 0 bridgehead atoms. The molecule has 12 heavy (non-hydrogen) atoms. The molecule has 70 valence electrons. The Hall–Kier alpha value is -0.300. The summed E-state index contributed by atoms with van der Waals surface area (Å²) in [5.41, 5.74) is 7.35. The summed E-state index contributed by atoms with van der Waals surface area (Å²) in [7, 11) is 0. The number of hydrogen-bond donors (Lipinski definition) is 1. The van der Waals surface area contributed by atoms with Crippen molar-refractivity contribution >= 4 is 0 Å². The summed E-state index contributed by atoms with van der Waals surface area (Å²) in [6.07, 6.45) is 7.75. The largest absolute Gasteiger partial charge is 0.327 e. The van der Waals surface area contributed by atoms with E-state index in [0.717, 1.165) is 18.8 Å². The molecule has 0 radical (unpaired) electrons. The lowest BCUT2D eigenvalue weighted by molar-refractivity contribution is 0.410. The molecule has 2 N–H and O–H groups in total. The van der Waals surface area contributed by atoms with Gasteiger partial charge < -0.3 is 5.73 Å². The van der Waals surface area contributed by atoms with Gasteiger partial charge in [0.05, 0.1) is 0 Å². The Morgan fingerprint density at radius 2 is 2.08 bits per heavy atom. The van der Waals surface area contributed by atoms with Gasteiger partial charge in [0, 0.05) is 6.04 Å². The molecule has 1 aliphatic rings. The van der Waals surface area contributed by atoms with Crippen LogP contribution in [0.5, 0.6) is 0 Å². The molecule has 0 amide bonds. The van der Waals surface area contributed by atoms with Crippen molar-refractivity contribution in [2.75, 3.05) is 0 Å². The topological polar surface area (TPSA) is 26.0 Å². The molecular formula is C11H21N. The summed E-state index contributed by atoms with van der Waals surface area (Å²) in [6, 6.07) is 0.434. The second kappa shape index (κ2) is 4.66. The molecule has 0 aliphatic heterocycles. The highest BCUT2D eigenvalue weighted by Gasteiger charge is 2.21. The van der Waals surface area contributed by atoms with Crippen LogP contribution >= 0.6 is 0 Å². The van der Waals surface area contributed by atoms with E-state index in [1.54, 1.807) is 0 Å². The molecule has 0 saturated heterocycles. The number of allylic oxidation sites excluding steroid dienone is 1. The van der Waals surface area contributed by atoms with Gasteiger partial charge in [-0.25, -0.2) is 0 Å². The molecule has 1 rings (SSSR count). The number of hydrogen-bond acceptors (Lipinski definition) is 1. The van der Waals surface area contributed by atoms with Gasteiger partial charge in [0.15, 0.2) is 0 Å². The quantitative estimate of drug-likeness (QED) is 0.640. The van der Waals surface area contributed by atoms with Crippen LogP contribution in [0, 0.1) is 5.92 Å². The smallest absolute Gasteiger partial charge is 0.00702 e. The lowest BCUT2D eigenvalue weighted by Crippen LogP contribution is -2.28. The maximum absolute atomic E-state index is 6.09. The first-order valence-corrected chi connectivity index (χ1v) is 5.10. The molecule has 1 unspecified atom stereocenters. The first kappa shape index (κ1) is 9.79. The van der Waals surface area contributed by atoms with Crippen molar-refractivity contribution in [1.82, 2.24) is 0 Å². The first-order chi connectivity index (χ1) is 5.70. The van der Waals surface area contributed by atoms with E-state index in [4.69, 9.17) is 5.73 Å². The van der Waals surface area contributed by atoms with Gasteiger partial charge in [-0.3, -0.25) is 0 Å².